The number of likely N-dealkylation sites (tertiary alicyclic amines) is 1. The molecule has 0 atom stereocenters. The summed E-state index contributed by atoms with van der Waals surface area (Å²) in [4.78, 5) is 14.5. The second-order valence-electron chi connectivity index (χ2n) is 6.30. The quantitative estimate of drug-likeness (QED) is 0.669. The molecule has 1 aromatic rings. The number of benzene rings is 1. The molecule has 0 aliphatic carbocycles. The number of rotatable bonds is 9. The van der Waals surface area contributed by atoms with Gasteiger partial charge in [-0.25, -0.2) is 0 Å². The van der Waals surface area contributed by atoms with Gasteiger partial charge in [-0.2, -0.15) is 0 Å². The first-order valence-corrected chi connectivity index (χ1v) is 9.01. The SMILES string of the molecule is COc1cc(CC(=O)N2CCC(OCCCN)CC2)cc(OC)c1OC. The molecule has 0 saturated carbocycles. The third-order valence-corrected chi connectivity index (χ3v) is 4.58. The van der Waals surface area contributed by atoms with Gasteiger partial charge in [-0.3, -0.25) is 4.79 Å². The van der Waals surface area contributed by atoms with Crippen molar-refractivity contribution in [1.29, 1.82) is 0 Å². The smallest absolute Gasteiger partial charge is 0.226 e. The van der Waals surface area contributed by atoms with E-state index < -0.39 is 0 Å². The summed E-state index contributed by atoms with van der Waals surface area (Å²) in [6, 6.07) is 3.64. The van der Waals surface area contributed by atoms with Crippen LogP contribution in [0.3, 0.4) is 0 Å². The highest BCUT2D eigenvalue weighted by Gasteiger charge is 2.24. The maximum Gasteiger partial charge on any atom is 0.226 e. The lowest BCUT2D eigenvalue weighted by atomic mass is 10.1. The van der Waals surface area contributed by atoms with Crippen molar-refractivity contribution in [3.8, 4) is 17.2 Å². The predicted molar refractivity (Wildman–Crippen MR) is 99.0 cm³/mol. The molecule has 26 heavy (non-hydrogen) atoms. The Hall–Kier alpha value is -1.99. The highest BCUT2D eigenvalue weighted by atomic mass is 16.5. The monoisotopic (exact) mass is 366 g/mol. The first kappa shape index (κ1) is 20.3. The summed E-state index contributed by atoms with van der Waals surface area (Å²) in [6.45, 7) is 2.78. The molecule has 7 nitrogen and oxygen atoms in total. The van der Waals surface area contributed by atoms with Crippen LogP contribution < -0.4 is 19.9 Å². The van der Waals surface area contributed by atoms with Gasteiger partial charge in [0.25, 0.3) is 0 Å². The number of piperidine rings is 1. The van der Waals surface area contributed by atoms with E-state index in [2.05, 4.69) is 0 Å². The third-order valence-electron chi connectivity index (χ3n) is 4.58. The molecule has 146 valence electrons. The molecule has 7 heteroatoms. The molecule has 0 unspecified atom stereocenters. The first-order chi connectivity index (χ1) is 12.6. The van der Waals surface area contributed by atoms with Crippen LogP contribution in [-0.2, 0) is 16.0 Å². The van der Waals surface area contributed by atoms with Crippen LogP contribution in [0.15, 0.2) is 12.1 Å². The maximum absolute atomic E-state index is 12.6. The summed E-state index contributed by atoms with van der Waals surface area (Å²) in [5.41, 5.74) is 6.32. The van der Waals surface area contributed by atoms with Gasteiger partial charge in [0.05, 0.1) is 33.9 Å². The van der Waals surface area contributed by atoms with Crippen molar-refractivity contribution in [3.05, 3.63) is 17.7 Å². The van der Waals surface area contributed by atoms with Crippen LogP contribution in [0.1, 0.15) is 24.8 Å². The largest absolute Gasteiger partial charge is 0.493 e. The normalized spacial score (nSPS) is 15.0. The lowest BCUT2D eigenvalue weighted by Crippen LogP contribution is -2.41. The van der Waals surface area contributed by atoms with E-state index in [-0.39, 0.29) is 12.0 Å². The molecule has 0 bridgehead atoms. The summed E-state index contributed by atoms with van der Waals surface area (Å²) in [7, 11) is 4.70. The Kier molecular flexibility index (Phi) is 8.00. The van der Waals surface area contributed by atoms with Gasteiger partial charge in [0, 0.05) is 19.7 Å². The van der Waals surface area contributed by atoms with Crippen molar-refractivity contribution in [3.63, 3.8) is 0 Å². The Bertz CT molecular complexity index is 560. The molecule has 0 radical (unpaired) electrons. The van der Waals surface area contributed by atoms with Gasteiger partial charge in [0.15, 0.2) is 11.5 Å². The topological polar surface area (TPSA) is 83.2 Å². The van der Waals surface area contributed by atoms with E-state index in [0.29, 0.717) is 36.8 Å². The van der Waals surface area contributed by atoms with Crippen molar-refractivity contribution in [2.24, 2.45) is 5.73 Å². The Balaban J connectivity index is 1.94. The van der Waals surface area contributed by atoms with Crippen molar-refractivity contribution in [2.45, 2.75) is 31.8 Å². The summed E-state index contributed by atoms with van der Waals surface area (Å²) < 4.78 is 21.8. The standard InChI is InChI=1S/C19H30N2O5/c1-23-16-11-14(12-17(24-2)19(16)25-3)13-18(22)21-8-5-15(6-9-21)26-10-4-7-20/h11-12,15H,4-10,13,20H2,1-3H3. The predicted octanol–water partition coefficient (Wildman–Crippen LogP) is 1.61. The third kappa shape index (κ3) is 5.25. The molecular formula is C19H30N2O5. The van der Waals surface area contributed by atoms with Gasteiger partial charge in [0.2, 0.25) is 11.7 Å². The molecular weight excluding hydrogens is 336 g/mol. The fraction of sp³-hybridized carbons (Fsp3) is 0.632. The van der Waals surface area contributed by atoms with Crippen molar-refractivity contribution >= 4 is 5.91 Å². The Labute approximate surface area is 155 Å². The van der Waals surface area contributed by atoms with E-state index in [1.165, 1.54) is 0 Å². The van der Waals surface area contributed by atoms with Crippen LogP contribution in [0.25, 0.3) is 0 Å². The average Bonchev–Trinajstić information content (AvgIpc) is 2.67. The molecule has 1 heterocycles. The van der Waals surface area contributed by atoms with E-state index in [4.69, 9.17) is 24.7 Å². The summed E-state index contributed by atoms with van der Waals surface area (Å²) >= 11 is 0. The molecule has 1 aliphatic heterocycles. The number of carbonyl (C=O) groups is 1. The fourth-order valence-electron chi connectivity index (χ4n) is 3.13. The van der Waals surface area contributed by atoms with E-state index >= 15 is 0 Å². The lowest BCUT2D eigenvalue weighted by Gasteiger charge is -2.32. The first-order valence-electron chi connectivity index (χ1n) is 9.01. The number of nitrogens with zero attached hydrogens (tertiary/aromatic N) is 1. The fourth-order valence-corrected chi connectivity index (χ4v) is 3.13. The van der Waals surface area contributed by atoms with E-state index in [9.17, 15) is 4.79 Å². The van der Waals surface area contributed by atoms with E-state index in [1.807, 2.05) is 17.0 Å². The maximum atomic E-state index is 12.6. The van der Waals surface area contributed by atoms with Crippen LogP contribution >= 0.6 is 0 Å². The van der Waals surface area contributed by atoms with Gasteiger partial charge in [-0.15, -0.1) is 0 Å². The zero-order valence-corrected chi connectivity index (χ0v) is 16.0. The minimum atomic E-state index is 0.0969. The average molecular weight is 366 g/mol. The zero-order valence-electron chi connectivity index (χ0n) is 16.0. The van der Waals surface area contributed by atoms with Crippen LogP contribution in [0.4, 0.5) is 0 Å². The number of amides is 1. The lowest BCUT2D eigenvalue weighted by molar-refractivity contribution is -0.133. The molecule has 1 fully saturated rings. The highest BCUT2D eigenvalue weighted by molar-refractivity contribution is 5.79. The highest BCUT2D eigenvalue weighted by Crippen LogP contribution is 2.38. The van der Waals surface area contributed by atoms with Gasteiger partial charge in [-0.05, 0) is 43.5 Å². The number of hydrogen-bond donors (Lipinski definition) is 1. The zero-order chi connectivity index (χ0) is 18.9. The number of nitrogens with two attached hydrogens (primary N) is 1. The summed E-state index contributed by atoms with van der Waals surface area (Å²) in [5, 5.41) is 0. The number of hydrogen-bond acceptors (Lipinski definition) is 6. The van der Waals surface area contributed by atoms with E-state index in [0.717, 1.165) is 37.9 Å². The Morgan fingerprint density at radius 1 is 1.12 bits per heavy atom. The number of methoxy groups -OCH3 is 3. The molecule has 0 spiro atoms. The molecule has 1 aliphatic rings. The van der Waals surface area contributed by atoms with E-state index in [1.54, 1.807) is 21.3 Å². The van der Waals surface area contributed by atoms with Gasteiger partial charge < -0.3 is 29.6 Å². The van der Waals surface area contributed by atoms with Crippen molar-refractivity contribution < 1.29 is 23.7 Å². The second kappa shape index (κ2) is 10.2. The molecule has 0 aromatic heterocycles. The van der Waals surface area contributed by atoms with Gasteiger partial charge in [0.1, 0.15) is 0 Å². The number of carbonyl (C=O) groups excluding carboxylic acids is 1. The second-order valence-corrected chi connectivity index (χ2v) is 6.30. The minimum Gasteiger partial charge on any atom is -0.493 e. The minimum absolute atomic E-state index is 0.0969. The van der Waals surface area contributed by atoms with Crippen LogP contribution in [0, 0.1) is 0 Å². The Morgan fingerprint density at radius 2 is 1.73 bits per heavy atom. The van der Waals surface area contributed by atoms with Crippen LogP contribution in [-0.4, -0.2) is 64.5 Å². The molecule has 2 rings (SSSR count). The van der Waals surface area contributed by atoms with Crippen LogP contribution in [0.5, 0.6) is 17.2 Å². The van der Waals surface area contributed by atoms with Gasteiger partial charge >= 0.3 is 0 Å². The summed E-state index contributed by atoms with van der Waals surface area (Å²) in [6.07, 6.45) is 3.14. The van der Waals surface area contributed by atoms with Crippen molar-refractivity contribution in [2.75, 3.05) is 47.6 Å². The van der Waals surface area contributed by atoms with Gasteiger partial charge in [-0.1, -0.05) is 0 Å². The molecule has 1 amide bonds. The molecule has 1 saturated heterocycles. The number of ether oxygens (including phenoxy) is 4. The Morgan fingerprint density at radius 3 is 2.23 bits per heavy atom. The molecule has 2 N–H and O–H groups in total. The molecule has 1 aromatic carbocycles. The van der Waals surface area contributed by atoms with Crippen molar-refractivity contribution in [1.82, 2.24) is 4.90 Å². The van der Waals surface area contributed by atoms with Crippen LogP contribution in [0.2, 0.25) is 0 Å². The summed E-state index contributed by atoms with van der Waals surface area (Å²) in [5.74, 6) is 1.74.